The van der Waals surface area contributed by atoms with Gasteiger partial charge < -0.3 is 25.0 Å². The Labute approximate surface area is 182 Å². The van der Waals surface area contributed by atoms with Crippen LogP contribution in [-0.2, 0) is 20.7 Å². The van der Waals surface area contributed by atoms with E-state index in [1.807, 2.05) is 36.4 Å². The van der Waals surface area contributed by atoms with E-state index in [9.17, 15) is 24.6 Å². The molecule has 0 bridgehead atoms. The predicted octanol–water partition coefficient (Wildman–Crippen LogP) is 0.137. The first-order chi connectivity index (χ1) is 15.4. The van der Waals surface area contributed by atoms with Gasteiger partial charge in [0.1, 0.15) is 18.3 Å². The Kier molecular flexibility index (Phi) is 6.19. The quantitative estimate of drug-likeness (QED) is 0.426. The number of hydrogen-bond acceptors (Lipinski definition) is 7. The maximum atomic E-state index is 12.6. The minimum Gasteiger partial charge on any atom is -0.394 e. The molecule has 10 heteroatoms. The van der Waals surface area contributed by atoms with Gasteiger partial charge in [0, 0.05) is 24.6 Å². The molecule has 0 radical (unpaired) electrons. The van der Waals surface area contributed by atoms with Crippen LogP contribution in [0, 0.1) is 0 Å². The maximum Gasteiger partial charge on any atom is 0.330 e. The molecule has 0 unspecified atom stereocenters. The van der Waals surface area contributed by atoms with Crippen molar-refractivity contribution in [2.75, 3.05) is 19.0 Å². The van der Waals surface area contributed by atoms with Gasteiger partial charge in [0.2, 0.25) is 5.91 Å². The first kappa shape index (κ1) is 21.9. The number of fused-ring (bicyclic) bond motifs is 1. The Hall–Kier alpha value is -3.31. The van der Waals surface area contributed by atoms with Crippen LogP contribution >= 0.6 is 0 Å². The molecule has 4 N–H and O–H groups in total. The number of benzene rings is 2. The molecule has 10 nitrogen and oxygen atoms in total. The third-order valence-electron chi connectivity index (χ3n) is 5.46. The van der Waals surface area contributed by atoms with Crippen LogP contribution in [0.1, 0.15) is 11.8 Å². The molecule has 1 aromatic heterocycles. The third kappa shape index (κ3) is 4.21. The molecule has 32 heavy (non-hydrogen) atoms. The van der Waals surface area contributed by atoms with Crippen LogP contribution in [0.15, 0.2) is 58.3 Å². The fraction of sp³-hybridized carbons (Fsp3) is 0.318. The lowest BCUT2D eigenvalue weighted by atomic mass is 10.1. The lowest BCUT2D eigenvalue weighted by Crippen LogP contribution is -2.40. The van der Waals surface area contributed by atoms with Gasteiger partial charge >= 0.3 is 5.69 Å². The molecule has 0 spiro atoms. The minimum absolute atomic E-state index is 0.0308. The lowest BCUT2D eigenvalue weighted by molar-refractivity contribution is -0.115. The maximum absolute atomic E-state index is 12.6. The van der Waals surface area contributed by atoms with E-state index in [0.29, 0.717) is 5.69 Å². The molecule has 1 aliphatic heterocycles. The van der Waals surface area contributed by atoms with Crippen molar-refractivity contribution in [1.29, 1.82) is 0 Å². The summed E-state index contributed by atoms with van der Waals surface area (Å²) in [5.41, 5.74) is -0.883. The van der Waals surface area contributed by atoms with Crippen LogP contribution in [0.3, 0.4) is 0 Å². The van der Waals surface area contributed by atoms with Gasteiger partial charge in [-0.1, -0.05) is 30.3 Å². The zero-order valence-electron chi connectivity index (χ0n) is 17.2. The molecule has 1 saturated heterocycles. The summed E-state index contributed by atoms with van der Waals surface area (Å²) >= 11 is 0. The molecule has 0 aliphatic carbocycles. The molecule has 4 rings (SSSR count). The highest BCUT2D eigenvalue weighted by molar-refractivity contribution is 5.95. The number of nitrogens with one attached hydrogen (secondary N) is 2. The highest BCUT2D eigenvalue weighted by atomic mass is 16.6. The number of aliphatic hydroxyl groups is 2. The van der Waals surface area contributed by atoms with E-state index in [4.69, 9.17) is 9.47 Å². The molecule has 2 heterocycles. The Balaban J connectivity index is 1.56. The average Bonchev–Trinajstić information content (AvgIpc) is 3.10. The smallest absolute Gasteiger partial charge is 0.330 e. The average molecular weight is 441 g/mol. The number of anilines is 1. The fourth-order valence-electron chi connectivity index (χ4n) is 3.84. The summed E-state index contributed by atoms with van der Waals surface area (Å²) in [5.74, 6) is -0.445. The summed E-state index contributed by atoms with van der Waals surface area (Å²) in [6.07, 6.45) is -3.24. The van der Waals surface area contributed by atoms with Gasteiger partial charge in [-0.2, -0.15) is 0 Å². The molecular weight excluding hydrogens is 418 g/mol. The van der Waals surface area contributed by atoms with Crippen molar-refractivity contribution in [3.63, 3.8) is 0 Å². The molecular formula is C22H23N3O7. The molecule has 0 saturated carbocycles. The summed E-state index contributed by atoms with van der Waals surface area (Å²) in [7, 11) is 1.33. The van der Waals surface area contributed by atoms with Gasteiger partial charge in [0.25, 0.3) is 5.56 Å². The number of aromatic nitrogens is 2. The number of ether oxygens (including phenoxy) is 2. The predicted molar refractivity (Wildman–Crippen MR) is 115 cm³/mol. The van der Waals surface area contributed by atoms with Gasteiger partial charge in [0.15, 0.2) is 6.23 Å². The molecule has 168 valence electrons. The van der Waals surface area contributed by atoms with Crippen LogP contribution in [0.2, 0.25) is 0 Å². The number of aromatic amines is 1. The number of H-pyrrole nitrogens is 1. The Morgan fingerprint density at radius 3 is 2.69 bits per heavy atom. The Morgan fingerprint density at radius 2 is 1.97 bits per heavy atom. The van der Waals surface area contributed by atoms with E-state index in [0.717, 1.165) is 15.3 Å². The number of methoxy groups -OCH3 is 1. The Morgan fingerprint density at radius 1 is 1.22 bits per heavy atom. The summed E-state index contributed by atoms with van der Waals surface area (Å²) in [6, 6.07) is 13.2. The van der Waals surface area contributed by atoms with E-state index in [-0.39, 0.29) is 12.0 Å². The van der Waals surface area contributed by atoms with Crippen LogP contribution in [0.5, 0.6) is 0 Å². The zero-order chi connectivity index (χ0) is 22.8. The van der Waals surface area contributed by atoms with Crippen LogP contribution < -0.4 is 16.6 Å². The normalized spacial score (nSPS) is 22.8. The summed E-state index contributed by atoms with van der Waals surface area (Å²) in [5, 5.41) is 24.3. The summed E-state index contributed by atoms with van der Waals surface area (Å²) in [6.45, 7) is -0.476. The molecule has 3 aromatic rings. The van der Waals surface area contributed by atoms with E-state index in [2.05, 4.69) is 10.3 Å². The topological polar surface area (TPSA) is 143 Å². The van der Waals surface area contributed by atoms with E-state index >= 15 is 0 Å². The number of amides is 1. The largest absolute Gasteiger partial charge is 0.394 e. The van der Waals surface area contributed by atoms with Crippen molar-refractivity contribution in [2.24, 2.45) is 0 Å². The van der Waals surface area contributed by atoms with Gasteiger partial charge in [-0.25, -0.2) is 4.79 Å². The van der Waals surface area contributed by atoms with E-state index in [1.54, 1.807) is 6.07 Å². The second-order valence-electron chi connectivity index (χ2n) is 7.55. The second-order valence-corrected chi connectivity index (χ2v) is 7.55. The zero-order valence-corrected chi connectivity index (χ0v) is 17.2. The Bertz CT molecular complexity index is 1250. The van der Waals surface area contributed by atoms with Crippen LogP contribution in [0.4, 0.5) is 5.69 Å². The van der Waals surface area contributed by atoms with Gasteiger partial charge in [-0.05, 0) is 22.9 Å². The number of rotatable bonds is 6. The van der Waals surface area contributed by atoms with Gasteiger partial charge in [0.05, 0.1) is 13.0 Å². The van der Waals surface area contributed by atoms with Crippen molar-refractivity contribution in [3.05, 3.63) is 75.1 Å². The van der Waals surface area contributed by atoms with Crippen molar-refractivity contribution >= 4 is 22.4 Å². The monoisotopic (exact) mass is 441 g/mol. The third-order valence-corrected chi connectivity index (χ3v) is 5.46. The van der Waals surface area contributed by atoms with Crippen LogP contribution in [-0.4, -0.2) is 57.7 Å². The molecule has 4 atom stereocenters. The minimum atomic E-state index is -1.17. The van der Waals surface area contributed by atoms with Crippen molar-refractivity contribution < 1.29 is 24.5 Å². The summed E-state index contributed by atoms with van der Waals surface area (Å²) < 4.78 is 11.8. The van der Waals surface area contributed by atoms with Gasteiger partial charge in [-0.3, -0.25) is 19.1 Å². The molecule has 2 aromatic carbocycles. The number of aliphatic hydroxyl groups excluding tert-OH is 2. The molecule has 1 aliphatic rings. The molecule has 1 amide bonds. The first-order valence-corrected chi connectivity index (χ1v) is 10.0. The fourth-order valence-corrected chi connectivity index (χ4v) is 3.84. The number of carbonyl (C=O) groups excluding carboxylic acids is 1. The van der Waals surface area contributed by atoms with E-state index in [1.165, 1.54) is 13.3 Å². The standard InChI is InChI=1S/C22H23N3O7/c1-31-19-18(28)16(11-26)32-21(19)25-10-14(20(29)24-22(25)30)9-17(27)23-15-7-6-12-4-2-3-5-13(12)8-15/h2-8,10,16,18-19,21,26,28H,9,11H2,1H3,(H,23,27)(H,24,29,30)/t16-,18+,19-,21-/m1/s1. The molecule has 1 fully saturated rings. The van der Waals surface area contributed by atoms with E-state index < -0.39 is 48.3 Å². The van der Waals surface area contributed by atoms with Gasteiger partial charge in [-0.15, -0.1) is 0 Å². The van der Waals surface area contributed by atoms with Crippen LogP contribution in [0.25, 0.3) is 10.8 Å². The number of carbonyl (C=O) groups is 1. The van der Waals surface area contributed by atoms with Crippen molar-refractivity contribution in [2.45, 2.75) is 31.0 Å². The number of hydrogen-bond donors (Lipinski definition) is 4. The SMILES string of the molecule is CO[C@@H]1[C@@H](O)[C@@H](CO)O[C@H]1n1cc(CC(=O)Nc2ccc3ccccc3c2)c(=O)[nH]c1=O. The van der Waals surface area contributed by atoms with Crippen molar-refractivity contribution in [1.82, 2.24) is 9.55 Å². The highest BCUT2D eigenvalue weighted by Crippen LogP contribution is 2.30. The highest BCUT2D eigenvalue weighted by Gasteiger charge is 2.45. The first-order valence-electron chi connectivity index (χ1n) is 10.0. The summed E-state index contributed by atoms with van der Waals surface area (Å²) in [4.78, 5) is 39.4. The second kappa shape index (κ2) is 9.05. The lowest BCUT2D eigenvalue weighted by Gasteiger charge is -2.20. The van der Waals surface area contributed by atoms with Crippen molar-refractivity contribution in [3.8, 4) is 0 Å². The number of nitrogens with zero attached hydrogens (tertiary/aromatic N) is 1.